The lowest BCUT2D eigenvalue weighted by atomic mass is 10.0. The molecule has 0 atom stereocenters. The molecule has 0 saturated heterocycles. The number of carbonyl (C=O) groups is 2. The van der Waals surface area contributed by atoms with Gasteiger partial charge >= 0.3 is 5.97 Å². The summed E-state index contributed by atoms with van der Waals surface area (Å²) in [5.74, 6) is -0.188. The summed E-state index contributed by atoms with van der Waals surface area (Å²) in [4.78, 5) is 29.4. The van der Waals surface area contributed by atoms with Crippen LogP contribution in [0.15, 0.2) is 97.4 Å². The van der Waals surface area contributed by atoms with Gasteiger partial charge in [0.1, 0.15) is 11.4 Å². The van der Waals surface area contributed by atoms with Gasteiger partial charge in [-0.25, -0.2) is 10.2 Å². The van der Waals surface area contributed by atoms with Crippen LogP contribution in [0.5, 0.6) is 11.5 Å². The molecule has 2 N–H and O–H groups in total. The van der Waals surface area contributed by atoms with Crippen LogP contribution in [-0.2, 0) is 0 Å². The quantitative estimate of drug-likeness (QED) is 0.0752. The number of nitrogens with zero attached hydrogens (tertiary/aromatic N) is 1. The van der Waals surface area contributed by atoms with Gasteiger partial charge in [-0.2, -0.15) is 5.10 Å². The number of aromatic amines is 1. The number of aromatic nitrogens is 1. The van der Waals surface area contributed by atoms with Gasteiger partial charge in [-0.15, -0.1) is 0 Å². The first-order valence-corrected chi connectivity index (χ1v) is 14.8. The van der Waals surface area contributed by atoms with Gasteiger partial charge in [0.2, 0.25) is 0 Å². The van der Waals surface area contributed by atoms with Crippen molar-refractivity contribution in [1.29, 1.82) is 0 Å². The molecule has 0 spiro atoms. The number of ether oxygens (including phenoxy) is 2. The first kappa shape index (κ1) is 29.1. The van der Waals surface area contributed by atoms with E-state index in [2.05, 4.69) is 63.3 Å². The van der Waals surface area contributed by atoms with E-state index in [1.54, 1.807) is 49.6 Å². The normalized spacial score (nSPS) is 11.1. The van der Waals surface area contributed by atoms with E-state index in [9.17, 15) is 9.59 Å². The van der Waals surface area contributed by atoms with Crippen LogP contribution in [0.25, 0.3) is 22.0 Å². The standard InChI is InChI=1S/C30H19Br3ClN3O4/c1-40-21-9-7-17(8-10-21)30(39)41-28-18(11-19(31)13-23(28)33)15-35-37-29(38)27-25(16-5-3-2-4-6-16)22-12-20(32)14-24(34)26(22)36-27/h2-15,36H,1H3,(H,37,38). The highest BCUT2D eigenvalue weighted by molar-refractivity contribution is 9.11. The van der Waals surface area contributed by atoms with Crippen molar-refractivity contribution < 1.29 is 19.1 Å². The molecule has 0 bridgehead atoms. The van der Waals surface area contributed by atoms with Crippen molar-refractivity contribution in [3.63, 3.8) is 0 Å². The molecule has 5 aromatic rings. The predicted molar refractivity (Wildman–Crippen MR) is 171 cm³/mol. The Balaban J connectivity index is 1.44. The van der Waals surface area contributed by atoms with Crippen LogP contribution in [0.4, 0.5) is 0 Å². The Morgan fingerprint density at radius 3 is 2.37 bits per heavy atom. The molecule has 7 nitrogen and oxygen atoms in total. The second-order valence-corrected chi connectivity index (χ2v) is 11.8. The summed E-state index contributed by atoms with van der Waals surface area (Å²) in [7, 11) is 1.55. The maximum Gasteiger partial charge on any atom is 0.343 e. The minimum Gasteiger partial charge on any atom is -0.497 e. The van der Waals surface area contributed by atoms with E-state index in [0.29, 0.717) is 47.6 Å². The molecule has 11 heteroatoms. The minimum absolute atomic E-state index is 0.235. The molecule has 1 aromatic heterocycles. The number of esters is 1. The lowest BCUT2D eigenvalue weighted by Gasteiger charge is -2.11. The average molecular weight is 761 g/mol. The highest BCUT2D eigenvalue weighted by atomic mass is 79.9. The van der Waals surface area contributed by atoms with Crippen molar-refractivity contribution in [1.82, 2.24) is 10.4 Å². The Labute approximate surface area is 265 Å². The lowest BCUT2D eigenvalue weighted by molar-refractivity contribution is 0.0732. The zero-order chi connectivity index (χ0) is 29.1. The Bertz CT molecular complexity index is 1810. The van der Waals surface area contributed by atoms with Crippen molar-refractivity contribution in [3.05, 3.63) is 114 Å². The van der Waals surface area contributed by atoms with Crippen LogP contribution in [0.1, 0.15) is 26.4 Å². The molecular weight excluding hydrogens is 742 g/mol. The molecule has 5 rings (SSSR count). The van der Waals surface area contributed by atoms with E-state index >= 15 is 0 Å². The number of nitrogens with one attached hydrogen (secondary N) is 2. The largest absolute Gasteiger partial charge is 0.497 e. The molecule has 0 aliphatic rings. The van der Waals surface area contributed by atoms with E-state index in [1.807, 2.05) is 36.4 Å². The van der Waals surface area contributed by atoms with Crippen molar-refractivity contribution in [2.75, 3.05) is 7.11 Å². The summed E-state index contributed by atoms with van der Waals surface area (Å²) < 4.78 is 12.9. The Morgan fingerprint density at radius 1 is 0.951 bits per heavy atom. The first-order chi connectivity index (χ1) is 19.7. The van der Waals surface area contributed by atoms with Crippen LogP contribution in [0.3, 0.4) is 0 Å². The molecule has 1 amide bonds. The number of halogens is 4. The second-order valence-electron chi connectivity index (χ2n) is 8.67. The zero-order valence-corrected chi connectivity index (χ0v) is 26.7. The summed E-state index contributed by atoms with van der Waals surface area (Å²) >= 11 is 16.9. The highest BCUT2D eigenvalue weighted by Crippen LogP contribution is 2.38. The summed E-state index contributed by atoms with van der Waals surface area (Å²) in [6.07, 6.45) is 1.40. The Hall–Kier alpha value is -3.44. The monoisotopic (exact) mass is 757 g/mol. The Morgan fingerprint density at radius 2 is 1.66 bits per heavy atom. The maximum atomic E-state index is 13.4. The summed E-state index contributed by atoms with van der Waals surface area (Å²) in [5.41, 5.74) is 5.82. The number of benzene rings is 4. The number of carbonyl (C=O) groups excluding carboxylic acids is 2. The molecule has 0 saturated carbocycles. The second kappa shape index (κ2) is 12.6. The number of hydrogen-bond acceptors (Lipinski definition) is 5. The average Bonchev–Trinajstić information content (AvgIpc) is 3.35. The van der Waals surface area contributed by atoms with Crippen molar-refractivity contribution in [3.8, 4) is 22.6 Å². The van der Waals surface area contributed by atoms with Crippen LogP contribution >= 0.6 is 59.4 Å². The summed E-state index contributed by atoms with van der Waals surface area (Å²) in [5, 5.41) is 5.43. The van der Waals surface area contributed by atoms with Gasteiger partial charge in [0, 0.05) is 25.5 Å². The molecule has 4 aromatic carbocycles. The van der Waals surface area contributed by atoms with Crippen molar-refractivity contribution in [2.24, 2.45) is 5.10 Å². The third kappa shape index (κ3) is 6.41. The van der Waals surface area contributed by atoms with E-state index < -0.39 is 11.9 Å². The van der Waals surface area contributed by atoms with E-state index in [4.69, 9.17) is 21.1 Å². The third-order valence-corrected chi connectivity index (χ3v) is 7.84. The molecule has 0 fully saturated rings. The number of H-pyrrole nitrogens is 1. The molecule has 0 unspecified atom stereocenters. The van der Waals surface area contributed by atoms with Crippen LogP contribution < -0.4 is 14.9 Å². The molecule has 1 heterocycles. The molecule has 0 radical (unpaired) electrons. The Kier molecular flexibility index (Phi) is 8.94. The van der Waals surface area contributed by atoms with Gasteiger partial charge in [0.15, 0.2) is 5.75 Å². The fourth-order valence-corrected chi connectivity index (χ4v) is 6.37. The summed E-state index contributed by atoms with van der Waals surface area (Å²) in [6.45, 7) is 0. The zero-order valence-electron chi connectivity index (χ0n) is 21.2. The van der Waals surface area contributed by atoms with E-state index in [0.717, 1.165) is 15.4 Å². The van der Waals surface area contributed by atoms with Crippen LogP contribution in [0.2, 0.25) is 5.02 Å². The number of fused-ring (bicyclic) bond motifs is 1. The van der Waals surface area contributed by atoms with Crippen molar-refractivity contribution in [2.45, 2.75) is 0 Å². The lowest BCUT2D eigenvalue weighted by Crippen LogP contribution is -2.19. The smallest absolute Gasteiger partial charge is 0.343 e. The number of methoxy groups -OCH3 is 1. The van der Waals surface area contributed by atoms with Gasteiger partial charge in [0.25, 0.3) is 5.91 Å². The molecule has 41 heavy (non-hydrogen) atoms. The maximum absolute atomic E-state index is 13.4. The van der Waals surface area contributed by atoms with Gasteiger partial charge in [-0.1, -0.05) is 73.8 Å². The minimum atomic E-state index is -0.567. The fraction of sp³-hybridized carbons (Fsp3) is 0.0333. The molecule has 206 valence electrons. The third-order valence-electron chi connectivity index (χ3n) is 6.04. The van der Waals surface area contributed by atoms with Crippen LogP contribution in [0, 0.1) is 0 Å². The van der Waals surface area contributed by atoms with Gasteiger partial charge < -0.3 is 14.5 Å². The fourth-order valence-electron chi connectivity index (χ4n) is 4.17. The highest BCUT2D eigenvalue weighted by Gasteiger charge is 2.21. The number of hydrogen-bond donors (Lipinski definition) is 2. The van der Waals surface area contributed by atoms with Gasteiger partial charge in [-0.3, -0.25) is 4.79 Å². The van der Waals surface area contributed by atoms with Crippen LogP contribution in [-0.4, -0.2) is 30.2 Å². The topological polar surface area (TPSA) is 92.8 Å². The molecule has 0 aliphatic heterocycles. The van der Waals surface area contributed by atoms with Gasteiger partial charge in [-0.05, 0) is 70.0 Å². The number of rotatable bonds is 7. The van der Waals surface area contributed by atoms with E-state index in [-0.39, 0.29) is 5.75 Å². The van der Waals surface area contributed by atoms with Crippen molar-refractivity contribution >= 4 is 88.4 Å². The molecular formula is C30H19Br3ClN3O4. The SMILES string of the molecule is COc1ccc(C(=O)Oc2c(Br)cc(Br)cc2C=NNC(=O)c2[nH]c3c(Cl)cc(Br)cc3c2-c2ccccc2)cc1. The van der Waals surface area contributed by atoms with E-state index in [1.165, 1.54) is 6.21 Å². The summed E-state index contributed by atoms with van der Waals surface area (Å²) in [6, 6.07) is 23.2. The van der Waals surface area contributed by atoms with Gasteiger partial charge in [0.05, 0.1) is 33.9 Å². The number of amides is 1. The molecule has 0 aliphatic carbocycles. The number of hydrazone groups is 1. The first-order valence-electron chi connectivity index (χ1n) is 12.0. The predicted octanol–water partition coefficient (Wildman–Crippen LogP) is 8.77.